The van der Waals surface area contributed by atoms with Crippen LogP contribution < -0.4 is 11.3 Å². The summed E-state index contributed by atoms with van der Waals surface area (Å²) < 4.78 is 12.5. The Morgan fingerprint density at radius 2 is 1.78 bits per heavy atom. The molecule has 5 heteroatoms. The Morgan fingerprint density at radius 1 is 1.33 bits per heavy atom. The largest absolute Gasteiger partial charge is 0.297 e. The number of benzene rings is 1. The van der Waals surface area contributed by atoms with Gasteiger partial charge in [0.15, 0.2) is 0 Å². The van der Waals surface area contributed by atoms with Gasteiger partial charge in [-0.3, -0.25) is 10.2 Å². The standard InChI is InChI=1S/C10H10ClF.C2H6.CH4N2O/c11-9-3-1-7(2-4-9)8-5-10(12)6-8;1-2;2-3-1-4/h1-4,8,10H,5-6H2;1-2H3;1H,2H2,(H,3,4). The lowest BCUT2D eigenvalue weighted by Crippen LogP contribution is -2.22. The Bertz CT molecular complexity index is 326. The van der Waals surface area contributed by atoms with E-state index in [-0.39, 0.29) is 0 Å². The van der Waals surface area contributed by atoms with E-state index in [0.29, 0.717) is 25.2 Å². The number of carbonyl (C=O) groups is 1. The Labute approximate surface area is 112 Å². The molecular weight excluding hydrogens is 255 g/mol. The number of hydrogen-bond donors (Lipinski definition) is 2. The molecule has 1 aromatic carbocycles. The van der Waals surface area contributed by atoms with Crippen molar-refractivity contribution in [1.29, 1.82) is 0 Å². The molecule has 0 radical (unpaired) electrons. The molecule has 1 saturated carbocycles. The molecule has 0 unspecified atom stereocenters. The van der Waals surface area contributed by atoms with E-state index >= 15 is 0 Å². The zero-order valence-corrected chi connectivity index (χ0v) is 11.5. The van der Waals surface area contributed by atoms with E-state index in [0.717, 1.165) is 5.02 Å². The molecule has 0 bridgehead atoms. The van der Waals surface area contributed by atoms with Gasteiger partial charge in [0.05, 0.1) is 0 Å². The summed E-state index contributed by atoms with van der Waals surface area (Å²) in [5, 5.41) is 0.745. The van der Waals surface area contributed by atoms with Crippen LogP contribution in [0.4, 0.5) is 4.39 Å². The molecule has 0 spiro atoms. The number of nitrogens with two attached hydrogens (primary N) is 1. The van der Waals surface area contributed by atoms with Gasteiger partial charge in [0.25, 0.3) is 0 Å². The molecule has 1 fully saturated rings. The van der Waals surface area contributed by atoms with E-state index in [2.05, 4.69) is 5.84 Å². The van der Waals surface area contributed by atoms with Crippen LogP contribution in [0, 0.1) is 0 Å². The van der Waals surface area contributed by atoms with Crippen molar-refractivity contribution >= 4 is 18.0 Å². The molecular formula is C13H20ClFN2O. The maximum absolute atomic E-state index is 12.5. The van der Waals surface area contributed by atoms with E-state index < -0.39 is 6.17 Å². The molecule has 18 heavy (non-hydrogen) atoms. The second kappa shape index (κ2) is 9.85. The second-order valence-corrected chi connectivity index (χ2v) is 4.04. The van der Waals surface area contributed by atoms with Crippen molar-refractivity contribution in [1.82, 2.24) is 5.43 Å². The molecule has 2 rings (SSSR count). The summed E-state index contributed by atoms with van der Waals surface area (Å²) in [5.41, 5.74) is 2.97. The van der Waals surface area contributed by atoms with Crippen LogP contribution >= 0.6 is 11.6 Å². The summed E-state index contributed by atoms with van der Waals surface area (Å²) in [6, 6.07) is 7.70. The van der Waals surface area contributed by atoms with Gasteiger partial charge in [0.2, 0.25) is 6.41 Å². The Balaban J connectivity index is 0.000000415. The van der Waals surface area contributed by atoms with Crippen LogP contribution in [0.15, 0.2) is 24.3 Å². The first-order valence-corrected chi connectivity index (χ1v) is 6.34. The maximum Gasteiger partial charge on any atom is 0.221 e. The summed E-state index contributed by atoms with van der Waals surface area (Å²) in [5.74, 6) is 4.84. The molecule has 0 heterocycles. The number of alkyl halides is 1. The SMILES string of the molecule is CC.FC1CC(c2ccc(Cl)cc2)C1.NNC=O. The minimum atomic E-state index is -0.578. The highest BCUT2D eigenvalue weighted by molar-refractivity contribution is 6.30. The summed E-state index contributed by atoms with van der Waals surface area (Å²) in [7, 11) is 0. The fourth-order valence-electron chi connectivity index (χ4n) is 1.56. The molecule has 1 aliphatic carbocycles. The number of nitrogens with one attached hydrogen (secondary N) is 1. The van der Waals surface area contributed by atoms with Gasteiger partial charge in [-0.1, -0.05) is 37.6 Å². The average molecular weight is 275 g/mol. The van der Waals surface area contributed by atoms with Gasteiger partial charge in [-0.25, -0.2) is 10.2 Å². The zero-order valence-electron chi connectivity index (χ0n) is 10.7. The molecule has 0 saturated heterocycles. The van der Waals surface area contributed by atoms with Crippen LogP contribution in [0.25, 0.3) is 0 Å². The Kier molecular flexibility index (Phi) is 9.24. The number of carbonyl (C=O) groups excluding carboxylic acids is 1. The fourth-order valence-corrected chi connectivity index (χ4v) is 1.68. The lowest BCUT2D eigenvalue weighted by atomic mass is 9.78. The van der Waals surface area contributed by atoms with Crippen LogP contribution in [0.1, 0.15) is 38.2 Å². The molecule has 0 atom stereocenters. The van der Waals surface area contributed by atoms with Crippen LogP contribution in [-0.2, 0) is 4.79 Å². The summed E-state index contributed by atoms with van der Waals surface area (Å²) in [6.45, 7) is 4.00. The Hall–Kier alpha value is -1.13. The monoisotopic (exact) mass is 274 g/mol. The third-order valence-corrected chi connectivity index (χ3v) is 2.74. The van der Waals surface area contributed by atoms with E-state index in [1.54, 1.807) is 5.43 Å². The molecule has 102 valence electrons. The predicted octanol–water partition coefficient (Wildman–Crippen LogP) is 3.19. The molecule has 0 aliphatic heterocycles. The number of hydrogen-bond acceptors (Lipinski definition) is 2. The fraction of sp³-hybridized carbons (Fsp3) is 0.462. The molecule has 1 aromatic rings. The van der Waals surface area contributed by atoms with Crippen LogP contribution in [0.5, 0.6) is 0 Å². The summed E-state index contributed by atoms with van der Waals surface area (Å²) >= 11 is 5.73. The Morgan fingerprint density at radius 3 is 2.11 bits per heavy atom. The lowest BCUT2D eigenvalue weighted by Gasteiger charge is -2.29. The van der Waals surface area contributed by atoms with Crippen LogP contribution in [-0.4, -0.2) is 12.6 Å². The number of halogens is 2. The summed E-state index contributed by atoms with van der Waals surface area (Å²) in [4.78, 5) is 8.94. The topological polar surface area (TPSA) is 55.1 Å². The number of amides is 1. The first kappa shape index (κ1) is 16.9. The molecule has 3 N–H and O–H groups in total. The van der Waals surface area contributed by atoms with Crippen molar-refractivity contribution in [2.45, 2.75) is 38.8 Å². The van der Waals surface area contributed by atoms with Crippen molar-refractivity contribution in [2.75, 3.05) is 0 Å². The van der Waals surface area contributed by atoms with Crippen molar-refractivity contribution in [2.24, 2.45) is 5.84 Å². The molecule has 3 nitrogen and oxygen atoms in total. The van der Waals surface area contributed by atoms with Crippen molar-refractivity contribution in [3.8, 4) is 0 Å². The minimum absolute atomic E-state index is 0.403. The first-order valence-electron chi connectivity index (χ1n) is 5.96. The van der Waals surface area contributed by atoms with Gasteiger partial charge in [-0.15, -0.1) is 0 Å². The lowest BCUT2D eigenvalue weighted by molar-refractivity contribution is -0.109. The molecule has 1 aliphatic rings. The van der Waals surface area contributed by atoms with E-state index in [9.17, 15) is 4.39 Å². The quantitative estimate of drug-likeness (QED) is 0.377. The van der Waals surface area contributed by atoms with E-state index in [4.69, 9.17) is 16.4 Å². The average Bonchev–Trinajstić information content (AvgIpc) is 2.39. The van der Waals surface area contributed by atoms with Crippen molar-refractivity contribution in [3.63, 3.8) is 0 Å². The first-order chi connectivity index (χ1) is 8.67. The van der Waals surface area contributed by atoms with Gasteiger partial charge in [-0.2, -0.15) is 0 Å². The van der Waals surface area contributed by atoms with Crippen molar-refractivity contribution < 1.29 is 9.18 Å². The number of rotatable bonds is 2. The second-order valence-electron chi connectivity index (χ2n) is 3.60. The third-order valence-electron chi connectivity index (χ3n) is 2.49. The van der Waals surface area contributed by atoms with Crippen molar-refractivity contribution in [3.05, 3.63) is 34.9 Å². The van der Waals surface area contributed by atoms with Crippen LogP contribution in [0.2, 0.25) is 5.02 Å². The van der Waals surface area contributed by atoms with Gasteiger partial charge in [0.1, 0.15) is 6.17 Å². The minimum Gasteiger partial charge on any atom is -0.297 e. The zero-order chi connectivity index (χ0) is 14.0. The highest BCUT2D eigenvalue weighted by atomic mass is 35.5. The summed E-state index contributed by atoms with van der Waals surface area (Å²) in [6.07, 6.45) is 1.19. The highest BCUT2D eigenvalue weighted by Gasteiger charge is 2.29. The van der Waals surface area contributed by atoms with Crippen LogP contribution in [0.3, 0.4) is 0 Å². The normalized spacial score (nSPS) is 20.3. The van der Waals surface area contributed by atoms with Gasteiger partial charge < -0.3 is 0 Å². The molecule has 1 amide bonds. The third kappa shape index (κ3) is 5.98. The van der Waals surface area contributed by atoms with Gasteiger partial charge in [-0.05, 0) is 36.5 Å². The molecule has 0 aromatic heterocycles. The maximum atomic E-state index is 12.5. The highest BCUT2D eigenvalue weighted by Crippen LogP contribution is 2.38. The smallest absolute Gasteiger partial charge is 0.221 e. The predicted molar refractivity (Wildman–Crippen MR) is 73.1 cm³/mol. The van der Waals surface area contributed by atoms with Gasteiger partial charge in [0, 0.05) is 5.02 Å². The van der Waals surface area contributed by atoms with E-state index in [1.807, 2.05) is 38.1 Å². The number of hydrazine groups is 1. The van der Waals surface area contributed by atoms with Gasteiger partial charge >= 0.3 is 0 Å². The van der Waals surface area contributed by atoms with E-state index in [1.165, 1.54) is 5.56 Å².